The monoisotopic (exact) mass is 240 g/mol. The third-order valence-corrected chi connectivity index (χ3v) is 3.19. The molecule has 0 amide bonds. The van der Waals surface area contributed by atoms with Crippen LogP contribution in [-0.2, 0) is 6.54 Å². The van der Waals surface area contributed by atoms with Crippen molar-refractivity contribution < 1.29 is 5.11 Å². The van der Waals surface area contributed by atoms with E-state index in [1.807, 2.05) is 18.2 Å². The molecule has 1 aromatic rings. The molecule has 1 aliphatic heterocycles. The van der Waals surface area contributed by atoms with Crippen LogP contribution in [0.25, 0.3) is 0 Å². The largest absolute Gasteiger partial charge is 0.395 e. The molecule has 4 heteroatoms. The molecule has 3 nitrogen and oxygen atoms in total. The van der Waals surface area contributed by atoms with Crippen molar-refractivity contribution >= 4 is 11.6 Å². The average molecular weight is 241 g/mol. The van der Waals surface area contributed by atoms with Gasteiger partial charge in [0.2, 0.25) is 0 Å². The van der Waals surface area contributed by atoms with Crippen LogP contribution in [0, 0.1) is 0 Å². The fourth-order valence-electron chi connectivity index (χ4n) is 2.06. The SMILES string of the molecule is OC[C@@H]1CNCCN1Cc1cccc(Cl)c1. The zero-order chi connectivity index (χ0) is 11.4. The fraction of sp³-hybridized carbons (Fsp3) is 0.500. The molecule has 0 unspecified atom stereocenters. The summed E-state index contributed by atoms with van der Waals surface area (Å²) in [5.74, 6) is 0. The highest BCUT2D eigenvalue weighted by Crippen LogP contribution is 2.14. The molecule has 0 saturated carbocycles. The smallest absolute Gasteiger partial charge is 0.0599 e. The van der Waals surface area contributed by atoms with Crippen molar-refractivity contribution in [2.75, 3.05) is 26.2 Å². The summed E-state index contributed by atoms with van der Waals surface area (Å²) >= 11 is 5.95. The van der Waals surface area contributed by atoms with Gasteiger partial charge in [0.1, 0.15) is 0 Å². The average Bonchev–Trinajstić information content (AvgIpc) is 2.30. The Balaban J connectivity index is 2.02. The van der Waals surface area contributed by atoms with Gasteiger partial charge in [0.15, 0.2) is 0 Å². The normalized spacial score (nSPS) is 22.2. The molecule has 16 heavy (non-hydrogen) atoms. The van der Waals surface area contributed by atoms with Crippen molar-refractivity contribution in [2.24, 2.45) is 0 Å². The molecule has 0 bridgehead atoms. The number of hydrogen-bond donors (Lipinski definition) is 2. The van der Waals surface area contributed by atoms with Gasteiger partial charge in [-0.15, -0.1) is 0 Å². The minimum Gasteiger partial charge on any atom is -0.395 e. The second kappa shape index (κ2) is 5.64. The Bertz CT molecular complexity index is 346. The molecule has 0 aromatic heterocycles. The molecule has 0 radical (unpaired) electrons. The van der Waals surface area contributed by atoms with E-state index in [1.54, 1.807) is 0 Å². The predicted molar refractivity (Wildman–Crippen MR) is 65.6 cm³/mol. The summed E-state index contributed by atoms with van der Waals surface area (Å²) in [6, 6.07) is 8.12. The molecule has 1 heterocycles. The lowest BCUT2D eigenvalue weighted by Gasteiger charge is -2.35. The van der Waals surface area contributed by atoms with Gasteiger partial charge in [-0.3, -0.25) is 4.90 Å². The van der Waals surface area contributed by atoms with Crippen LogP contribution >= 0.6 is 11.6 Å². The first-order valence-electron chi connectivity index (χ1n) is 5.59. The Morgan fingerprint density at radius 3 is 3.12 bits per heavy atom. The first-order chi connectivity index (χ1) is 7.79. The van der Waals surface area contributed by atoms with Crippen molar-refractivity contribution in [3.63, 3.8) is 0 Å². The van der Waals surface area contributed by atoms with Gasteiger partial charge in [-0.25, -0.2) is 0 Å². The summed E-state index contributed by atoms with van der Waals surface area (Å²) in [5.41, 5.74) is 1.20. The van der Waals surface area contributed by atoms with Crippen LogP contribution in [-0.4, -0.2) is 42.3 Å². The molecule has 88 valence electrons. The van der Waals surface area contributed by atoms with Gasteiger partial charge in [0.05, 0.1) is 6.61 Å². The van der Waals surface area contributed by atoms with E-state index in [1.165, 1.54) is 5.56 Å². The lowest BCUT2D eigenvalue weighted by molar-refractivity contribution is 0.0946. The summed E-state index contributed by atoms with van der Waals surface area (Å²) < 4.78 is 0. The van der Waals surface area contributed by atoms with Gasteiger partial charge >= 0.3 is 0 Å². The van der Waals surface area contributed by atoms with E-state index in [4.69, 9.17) is 11.6 Å². The lowest BCUT2D eigenvalue weighted by atomic mass is 10.1. The molecule has 2 N–H and O–H groups in total. The molecule has 1 saturated heterocycles. The maximum Gasteiger partial charge on any atom is 0.0599 e. The molecule has 1 aliphatic rings. The van der Waals surface area contributed by atoms with Crippen LogP contribution in [0.3, 0.4) is 0 Å². The van der Waals surface area contributed by atoms with Crippen LogP contribution in [0.15, 0.2) is 24.3 Å². The van der Waals surface area contributed by atoms with Crippen molar-refractivity contribution in [2.45, 2.75) is 12.6 Å². The molecule has 0 aliphatic carbocycles. The Morgan fingerprint density at radius 2 is 2.38 bits per heavy atom. The summed E-state index contributed by atoms with van der Waals surface area (Å²) in [5, 5.41) is 13.3. The van der Waals surface area contributed by atoms with E-state index >= 15 is 0 Å². The molecule has 2 rings (SSSR count). The molecule has 1 aromatic carbocycles. The van der Waals surface area contributed by atoms with Gasteiger partial charge in [-0.1, -0.05) is 23.7 Å². The van der Waals surface area contributed by atoms with Crippen LogP contribution in [0.2, 0.25) is 5.02 Å². The van der Waals surface area contributed by atoms with Crippen molar-refractivity contribution in [3.8, 4) is 0 Å². The number of halogens is 1. The third-order valence-electron chi connectivity index (χ3n) is 2.96. The summed E-state index contributed by atoms with van der Waals surface area (Å²) in [7, 11) is 0. The maximum atomic E-state index is 9.29. The Hall–Kier alpha value is -0.610. The van der Waals surface area contributed by atoms with E-state index < -0.39 is 0 Å². The standard InChI is InChI=1S/C12H17ClN2O/c13-11-3-1-2-10(6-11)8-15-5-4-14-7-12(15)9-16/h1-3,6,12,14,16H,4-5,7-9H2/t12-/m0/s1. The summed E-state index contributed by atoms with van der Waals surface area (Å²) in [6.45, 7) is 3.87. The van der Waals surface area contributed by atoms with E-state index in [2.05, 4.69) is 16.3 Å². The van der Waals surface area contributed by atoms with Crippen molar-refractivity contribution in [1.82, 2.24) is 10.2 Å². The highest BCUT2D eigenvalue weighted by molar-refractivity contribution is 6.30. The van der Waals surface area contributed by atoms with E-state index in [0.717, 1.165) is 31.2 Å². The number of nitrogens with one attached hydrogen (secondary N) is 1. The minimum atomic E-state index is 0.202. The number of aliphatic hydroxyl groups excluding tert-OH is 1. The zero-order valence-corrected chi connectivity index (χ0v) is 9.95. The lowest BCUT2D eigenvalue weighted by Crippen LogP contribution is -2.52. The Labute approximate surface area is 101 Å². The van der Waals surface area contributed by atoms with Crippen molar-refractivity contribution in [3.05, 3.63) is 34.9 Å². The van der Waals surface area contributed by atoms with Crippen LogP contribution in [0.1, 0.15) is 5.56 Å². The van der Waals surface area contributed by atoms with Gasteiger partial charge in [0, 0.05) is 37.2 Å². The van der Waals surface area contributed by atoms with Gasteiger partial charge in [0.25, 0.3) is 0 Å². The number of aliphatic hydroxyl groups is 1. The summed E-state index contributed by atoms with van der Waals surface area (Å²) in [6.07, 6.45) is 0. The predicted octanol–water partition coefficient (Wildman–Crippen LogP) is 1.11. The highest BCUT2D eigenvalue weighted by Gasteiger charge is 2.21. The molecule has 1 fully saturated rings. The summed E-state index contributed by atoms with van der Waals surface area (Å²) in [4.78, 5) is 2.29. The number of hydrogen-bond acceptors (Lipinski definition) is 3. The maximum absolute atomic E-state index is 9.29. The van der Waals surface area contributed by atoms with Crippen LogP contribution in [0.4, 0.5) is 0 Å². The van der Waals surface area contributed by atoms with E-state index in [-0.39, 0.29) is 12.6 Å². The number of nitrogens with zero attached hydrogens (tertiary/aromatic N) is 1. The molecule has 1 atom stereocenters. The van der Waals surface area contributed by atoms with E-state index in [0.29, 0.717) is 0 Å². The zero-order valence-electron chi connectivity index (χ0n) is 9.19. The third kappa shape index (κ3) is 2.95. The second-order valence-corrected chi connectivity index (χ2v) is 4.58. The highest BCUT2D eigenvalue weighted by atomic mass is 35.5. The van der Waals surface area contributed by atoms with Crippen LogP contribution < -0.4 is 5.32 Å². The first kappa shape index (κ1) is 11.9. The number of benzene rings is 1. The fourth-order valence-corrected chi connectivity index (χ4v) is 2.27. The second-order valence-electron chi connectivity index (χ2n) is 4.14. The first-order valence-corrected chi connectivity index (χ1v) is 5.97. The van der Waals surface area contributed by atoms with Crippen molar-refractivity contribution in [1.29, 1.82) is 0 Å². The van der Waals surface area contributed by atoms with E-state index in [9.17, 15) is 5.11 Å². The Kier molecular flexibility index (Phi) is 4.18. The topological polar surface area (TPSA) is 35.5 Å². The molecular formula is C12H17ClN2O. The molecule has 0 spiro atoms. The van der Waals surface area contributed by atoms with Gasteiger partial charge in [-0.2, -0.15) is 0 Å². The van der Waals surface area contributed by atoms with Gasteiger partial charge in [-0.05, 0) is 17.7 Å². The quantitative estimate of drug-likeness (QED) is 0.831. The van der Waals surface area contributed by atoms with Gasteiger partial charge < -0.3 is 10.4 Å². The van der Waals surface area contributed by atoms with Crippen LogP contribution in [0.5, 0.6) is 0 Å². The number of piperazine rings is 1. The minimum absolute atomic E-state index is 0.202. The number of rotatable bonds is 3. The molecular weight excluding hydrogens is 224 g/mol. The Morgan fingerprint density at radius 1 is 1.50 bits per heavy atom.